The second kappa shape index (κ2) is 8.49. The molecule has 0 fully saturated rings. The van der Waals surface area contributed by atoms with Crippen LogP contribution in [-0.4, -0.2) is 20.6 Å². The van der Waals surface area contributed by atoms with E-state index in [1.165, 1.54) is 4.31 Å². The van der Waals surface area contributed by atoms with Crippen molar-refractivity contribution in [2.75, 3.05) is 15.9 Å². The summed E-state index contributed by atoms with van der Waals surface area (Å²) in [5.74, 6) is -0.353. The molecule has 150 valence electrons. The predicted octanol–water partition coefficient (Wildman–Crippen LogP) is 4.52. The highest BCUT2D eigenvalue weighted by Gasteiger charge is 2.23. The summed E-state index contributed by atoms with van der Waals surface area (Å²) in [5, 5.41) is 2.90. The average molecular weight is 409 g/mol. The van der Waals surface area contributed by atoms with E-state index in [9.17, 15) is 13.2 Å². The lowest BCUT2D eigenvalue weighted by molar-refractivity contribution is 0.102. The lowest BCUT2D eigenvalue weighted by Crippen LogP contribution is -2.31. The van der Waals surface area contributed by atoms with Crippen LogP contribution in [0.4, 0.5) is 11.4 Å². The van der Waals surface area contributed by atoms with Crippen LogP contribution in [0.2, 0.25) is 0 Å². The van der Waals surface area contributed by atoms with Crippen LogP contribution in [0.5, 0.6) is 0 Å². The molecule has 5 nitrogen and oxygen atoms in total. The Bertz CT molecular complexity index is 1130. The van der Waals surface area contributed by atoms with Gasteiger partial charge in [0.15, 0.2) is 0 Å². The quantitative estimate of drug-likeness (QED) is 0.652. The van der Waals surface area contributed by atoms with Gasteiger partial charge in [0, 0.05) is 5.69 Å². The van der Waals surface area contributed by atoms with Crippen molar-refractivity contribution in [2.45, 2.75) is 20.4 Å². The summed E-state index contributed by atoms with van der Waals surface area (Å²) in [7, 11) is -3.61. The van der Waals surface area contributed by atoms with E-state index in [1.54, 1.807) is 24.3 Å². The fourth-order valence-corrected chi connectivity index (χ4v) is 4.06. The molecule has 0 aliphatic heterocycles. The third-order valence-electron chi connectivity index (χ3n) is 4.62. The molecule has 0 saturated heterocycles. The summed E-state index contributed by atoms with van der Waals surface area (Å²) < 4.78 is 26.4. The molecular weight excluding hydrogens is 384 g/mol. The Balaban J connectivity index is 1.98. The molecular formula is C23H24N2O3S. The smallest absolute Gasteiger partial charge is 0.257 e. The number of carbonyl (C=O) groups excluding carboxylic acids is 1. The van der Waals surface area contributed by atoms with Crippen molar-refractivity contribution in [1.82, 2.24) is 0 Å². The monoisotopic (exact) mass is 408 g/mol. The number of para-hydroxylation sites is 1. The zero-order chi connectivity index (χ0) is 21.0. The molecule has 1 N–H and O–H groups in total. The Hall–Kier alpha value is -3.12. The van der Waals surface area contributed by atoms with E-state index >= 15 is 0 Å². The van der Waals surface area contributed by atoms with Gasteiger partial charge in [0.05, 0.1) is 24.1 Å². The van der Waals surface area contributed by atoms with Crippen molar-refractivity contribution >= 4 is 27.3 Å². The van der Waals surface area contributed by atoms with Crippen LogP contribution < -0.4 is 9.62 Å². The molecule has 0 heterocycles. The molecule has 6 heteroatoms. The van der Waals surface area contributed by atoms with Crippen LogP contribution in [0, 0.1) is 13.8 Å². The zero-order valence-electron chi connectivity index (χ0n) is 16.7. The lowest BCUT2D eigenvalue weighted by Gasteiger charge is -2.25. The number of amides is 1. The molecule has 0 saturated carbocycles. The molecule has 0 unspecified atom stereocenters. The number of carbonyl (C=O) groups is 1. The number of hydrogen-bond donors (Lipinski definition) is 1. The maximum Gasteiger partial charge on any atom is 0.257 e. The molecule has 0 aliphatic carbocycles. The van der Waals surface area contributed by atoms with Gasteiger partial charge < -0.3 is 5.32 Å². The first kappa shape index (κ1) is 20.6. The van der Waals surface area contributed by atoms with E-state index in [1.807, 2.05) is 62.4 Å². The second-order valence-corrected chi connectivity index (χ2v) is 8.95. The first-order valence-corrected chi connectivity index (χ1v) is 11.1. The van der Waals surface area contributed by atoms with E-state index in [2.05, 4.69) is 5.32 Å². The SMILES string of the molecule is Cc1ccc(NC(=O)c2ccccc2N(Cc2ccccc2)S(C)(=O)=O)c(C)c1. The first-order valence-electron chi connectivity index (χ1n) is 9.25. The summed E-state index contributed by atoms with van der Waals surface area (Å²) >= 11 is 0. The summed E-state index contributed by atoms with van der Waals surface area (Å²) in [6, 6.07) is 21.8. The number of aryl methyl sites for hydroxylation is 2. The summed E-state index contributed by atoms with van der Waals surface area (Å²) in [6.07, 6.45) is 1.15. The summed E-state index contributed by atoms with van der Waals surface area (Å²) in [4.78, 5) is 13.0. The lowest BCUT2D eigenvalue weighted by atomic mass is 10.1. The van der Waals surface area contributed by atoms with Gasteiger partial charge in [-0.2, -0.15) is 0 Å². The minimum absolute atomic E-state index is 0.146. The highest BCUT2D eigenvalue weighted by Crippen LogP contribution is 2.26. The topological polar surface area (TPSA) is 66.5 Å². The number of rotatable bonds is 6. The van der Waals surface area contributed by atoms with Crippen LogP contribution in [0.15, 0.2) is 72.8 Å². The van der Waals surface area contributed by atoms with Gasteiger partial charge in [0.25, 0.3) is 5.91 Å². The maximum absolute atomic E-state index is 13.0. The third kappa shape index (κ3) is 5.03. The molecule has 1 amide bonds. The van der Waals surface area contributed by atoms with Crippen LogP contribution in [0.3, 0.4) is 0 Å². The Labute approximate surface area is 172 Å². The van der Waals surface area contributed by atoms with E-state index < -0.39 is 10.0 Å². The van der Waals surface area contributed by atoms with Gasteiger partial charge in [-0.15, -0.1) is 0 Å². The minimum Gasteiger partial charge on any atom is -0.322 e. The Morgan fingerprint density at radius 2 is 1.59 bits per heavy atom. The van der Waals surface area contributed by atoms with Crippen LogP contribution >= 0.6 is 0 Å². The standard InChI is InChI=1S/C23H24N2O3S/c1-17-13-14-21(18(2)15-17)24-23(26)20-11-7-8-12-22(20)25(29(3,27)28)16-19-9-5-4-6-10-19/h4-15H,16H2,1-3H3,(H,24,26). The van der Waals surface area contributed by atoms with Crippen LogP contribution in [0.25, 0.3) is 0 Å². The number of sulfonamides is 1. The van der Waals surface area contributed by atoms with E-state index in [-0.39, 0.29) is 12.5 Å². The third-order valence-corrected chi connectivity index (χ3v) is 5.74. The van der Waals surface area contributed by atoms with Crippen molar-refractivity contribution in [2.24, 2.45) is 0 Å². The number of nitrogens with one attached hydrogen (secondary N) is 1. The fourth-order valence-electron chi connectivity index (χ4n) is 3.16. The molecule has 0 aliphatic rings. The fraction of sp³-hybridized carbons (Fsp3) is 0.174. The summed E-state index contributed by atoms with van der Waals surface area (Å²) in [6.45, 7) is 4.06. The Kier molecular flexibility index (Phi) is 6.03. The minimum atomic E-state index is -3.61. The second-order valence-electron chi connectivity index (χ2n) is 7.04. The van der Waals surface area contributed by atoms with Gasteiger partial charge in [-0.05, 0) is 43.2 Å². The van der Waals surface area contributed by atoms with Crippen molar-refractivity contribution < 1.29 is 13.2 Å². The number of benzene rings is 3. The predicted molar refractivity (Wildman–Crippen MR) is 118 cm³/mol. The van der Waals surface area contributed by atoms with Gasteiger partial charge >= 0.3 is 0 Å². The van der Waals surface area contributed by atoms with E-state index in [4.69, 9.17) is 0 Å². The van der Waals surface area contributed by atoms with Gasteiger partial charge in [0.2, 0.25) is 10.0 Å². The Morgan fingerprint density at radius 1 is 0.931 bits per heavy atom. The maximum atomic E-state index is 13.0. The van der Waals surface area contributed by atoms with Crippen molar-refractivity contribution in [1.29, 1.82) is 0 Å². The van der Waals surface area contributed by atoms with Gasteiger partial charge in [-0.3, -0.25) is 9.10 Å². The highest BCUT2D eigenvalue weighted by molar-refractivity contribution is 7.92. The highest BCUT2D eigenvalue weighted by atomic mass is 32.2. The normalized spacial score (nSPS) is 11.1. The average Bonchev–Trinajstić information content (AvgIpc) is 2.68. The summed E-state index contributed by atoms with van der Waals surface area (Å²) in [5.41, 5.74) is 4.23. The van der Waals surface area contributed by atoms with Crippen molar-refractivity contribution in [3.8, 4) is 0 Å². The molecule has 0 atom stereocenters. The Morgan fingerprint density at radius 3 is 2.24 bits per heavy atom. The molecule has 3 aromatic rings. The van der Waals surface area contributed by atoms with Gasteiger partial charge in [0.1, 0.15) is 0 Å². The molecule has 0 radical (unpaired) electrons. The molecule has 0 aromatic heterocycles. The van der Waals surface area contributed by atoms with E-state index in [0.717, 1.165) is 22.9 Å². The van der Waals surface area contributed by atoms with Crippen molar-refractivity contribution in [3.63, 3.8) is 0 Å². The van der Waals surface area contributed by atoms with Crippen molar-refractivity contribution in [3.05, 3.63) is 95.1 Å². The number of hydrogen-bond acceptors (Lipinski definition) is 3. The molecule has 0 bridgehead atoms. The number of nitrogens with zero attached hydrogens (tertiary/aromatic N) is 1. The van der Waals surface area contributed by atoms with Crippen LogP contribution in [0.1, 0.15) is 27.0 Å². The number of anilines is 2. The molecule has 0 spiro atoms. The van der Waals surface area contributed by atoms with Gasteiger partial charge in [-0.25, -0.2) is 8.42 Å². The van der Waals surface area contributed by atoms with Gasteiger partial charge in [-0.1, -0.05) is 60.2 Å². The van der Waals surface area contributed by atoms with E-state index in [0.29, 0.717) is 16.9 Å². The first-order chi connectivity index (χ1) is 13.8. The molecule has 3 rings (SSSR count). The zero-order valence-corrected chi connectivity index (χ0v) is 17.5. The van der Waals surface area contributed by atoms with Crippen LogP contribution in [-0.2, 0) is 16.6 Å². The largest absolute Gasteiger partial charge is 0.322 e. The molecule has 3 aromatic carbocycles. The molecule has 29 heavy (non-hydrogen) atoms.